The number of hydrogen-bond donors (Lipinski definition) is 1. The van der Waals surface area contributed by atoms with Crippen LogP contribution in [0.4, 0.5) is 5.69 Å². The van der Waals surface area contributed by atoms with Crippen molar-refractivity contribution in [2.75, 3.05) is 5.32 Å². The molecule has 1 nitrogen and oxygen atoms in total. The van der Waals surface area contributed by atoms with E-state index < -0.39 is 0 Å². The summed E-state index contributed by atoms with van der Waals surface area (Å²) < 4.78 is 0. The summed E-state index contributed by atoms with van der Waals surface area (Å²) in [5.74, 6) is 0.638. The zero-order chi connectivity index (χ0) is 11.4. The lowest BCUT2D eigenvalue weighted by atomic mass is 10.0. The number of halogens is 2. The maximum Gasteiger partial charge on any atom is 0.0612 e. The lowest BCUT2D eigenvalue weighted by molar-refractivity contribution is 0.494. The maximum atomic E-state index is 5.94. The van der Waals surface area contributed by atoms with E-state index in [9.17, 15) is 0 Å². The highest BCUT2D eigenvalue weighted by molar-refractivity contribution is 6.42. The Morgan fingerprint density at radius 3 is 2.40 bits per heavy atom. The molecular weight excluding hydrogens is 229 g/mol. The Bertz CT molecular complexity index is 325. The second-order valence-corrected chi connectivity index (χ2v) is 4.76. The van der Waals surface area contributed by atoms with E-state index in [4.69, 9.17) is 23.2 Å². The number of nitrogens with one attached hydrogen (secondary N) is 1. The molecule has 0 heterocycles. The predicted octanol–water partition coefficient (Wildman–Crippen LogP) is 4.84. The second-order valence-electron chi connectivity index (χ2n) is 3.95. The van der Waals surface area contributed by atoms with Crippen LogP contribution in [0.5, 0.6) is 0 Å². The first-order valence-corrected chi connectivity index (χ1v) is 6.01. The van der Waals surface area contributed by atoms with E-state index in [1.165, 1.54) is 0 Å². The van der Waals surface area contributed by atoms with E-state index >= 15 is 0 Å². The molecule has 0 aromatic heterocycles. The van der Waals surface area contributed by atoms with Crippen LogP contribution < -0.4 is 5.32 Å². The van der Waals surface area contributed by atoms with Crippen LogP contribution in [0.1, 0.15) is 27.2 Å². The van der Waals surface area contributed by atoms with Gasteiger partial charge in [-0.3, -0.25) is 0 Å². The summed E-state index contributed by atoms with van der Waals surface area (Å²) >= 11 is 11.8. The lowest BCUT2D eigenvalue weighted by Crippen LogP contribution is -2.23. The van der Waals surface area contributed by atoms with Gasteiger partial charge in [-0.1, -0.05) is 43.5 Å². The Morgan fingerprint density at radius 2 is 1.87 bits per heavy atom. The molecule has 0 saturated heterocycles. The van der Waals surface area contributed by atoms with Gasteiger partial charge in [0.2, 0.25) is 0 Å². The molecule has 0 fully saturated rings. The minimum Gasteiger partial charge on any atom is -0.382 e. The third-order valence-corrected chi connectivity index (χ3v) is 3.55. The van der Waals surface area contributed by atoms with Crippen LogP contribution in [0, 0.1) is 5.92 Å². The van der Waals surface area contributed by atoms with Crippen molar-refractivity contribution in [1.82, 2.24) is 0 Å². The molecule has 3 heteroatoms. The minimum absolute atomic E-state index is 0.437. The third kappa shape index (κ3) is 3.58. The van der Waals surface area contributed by atoms with Crippen molar-refractivity contribution in [3.8, 4) is 0 Å². The molecule has 84 valence electrons. The molecule has 0 aliphatic heterocycles. The van der Waals surface area contributed by atoms with Crippen LogP contribution in [0.2, 0.25) is 10.0 Å². The second kappa shape index (κ2) is 5.62. The highest BCUT2D eigenvalue weighted by Gasteiger charge is 2.10. The Morgan fingerprint density at radius 1 is 1.20 bits per heavy atom. The molecule has 0 amide bonds. The monoisotopic (exact) mass is 245 g/mol. The van der Waals surface area contributed by atoms with E-state index in [2.05, 4.69) is 26.1 Å². The molecule has 2 unspecified atom stereocenters. The Kier molecular flexibility index (Phi) is 4.75. The van der Waals surface area contributed by atoms with Gasteiger partial charge >= 0.3 is 0 Å². The van der Waals surface area contributed by atoms with Crippen LogP contribution in [-0.2, 0) is 0 Å². The third-order valence-electron chi connectivity index (χ3n) is 2.81. The maximum absolute atomic E-state index is 5.94. The number of benzene rings is 1. The fourth-order valence-corrected chi connectivity index (χ4v) is 1.64. The van der Waals surface area contributed by atoms with Crippen molar-refractivity contribution in [3.63, 3.8) is 0 Å². The number of anilines is 1. The topological polar surface area (TPSA) is 12.0 Å². The minimum atomic E-state index is 0.437. The van der Waals surface area contributed by atoms with Gasteiger partial charge in [0.15, 0.2) is 0 Å². The fourth-order valence-electron chi connectivity index (χ4n) is 1.34. The standard InChI is InChI=1S/C12H17Cl2N/c1-4-8(2)9(3)15-10-5-6-11(13)12(14)7-10/h5-9,15H,4H2,1-3H3. The van der Waals surface area contributed by atoms with Crippen molar-refractivity contribution >= 4 is 28.9 Å². The molecule has 0 aliphatic rings. The van der Waals surface area contributed by atoms with Crippen LogP contribution >= 0.6 is 23.2 Å². The predicted molar refractivity (Wildman–Crippen MR) is 69.0 cm³/mol. The first-order chi connectivity index (χ1) is 7.04. The van der Waals surface area contributed by atoms with Crippen molar-refractivity contribution in [1.29, 1.82) is 0 Å². The zero-order valence-electron chi connectivity index (χ0n) is 9.35. The van der Waals surface area contributed by atoms with Crippen molar-refractivity contribution < 1.29 is 0 Å². The van der Waals surface area contributed by atoms with Crippen LogP contribution in [-0.4, -0.2) is 6.04 Å². The van der Waals surface area contributed by atoms with E-state index in [-0.39, 0.29) is 0 Å². The molecule has 0 bridgehead atoms. The summed E-state index contributed by atoms with van der Waals surface area (Å²) in [5, 5.41) is 4.61. The first-order valence-electron chi connectivity index (χ1n) is 5.26. The lowest BCUT2D eigenvalue weighted by Gasteiger charge is -2.21. The normalized spacial score (nSPS) is 14.7. The summed E-state index contributed by atoms with van der Waals surface area (Å²) in [6.07, 6.45) is 1.16. The summed E-state index contributed by atoms with van der Waals surface area (Å²) in [4.78, 5) is 0. The fraction of sp³-hybridized carbons (Fsp3) is 0.500. The number of hydrogen-bond acceptors (Lipinski definition) is 1. The highest BCUT2D eigenvalue weighted by Crippen LogP contribution is 2.26. The average molecular weight is 246 g/mol. The van der Waals surface area contributed by atoms with Gasteiger partial charge in [-0.25, -0.2) is 0 Å². The van der Waals surface area contributed by atoms with E-state index in [0.29, 0.717) is 22.0 Å². The van der Waals surface area contributed by atoms with Crippen LogP contribution in [0.3, 0.4) is 0 Å². The first kappa shape index (κ1) is 12.7. The average Bonchev–Trinajstić information content (AvgIpc) is 2.22. The van der Waals surface area contributed by atoms with Gasteiger partial charge in [0, 0.05) is 11.7 Å². The summed E-state index contributed by atoms with van der Waals surface area (Å²) in [5.41, 5.74) is 1.03. The molecule has 15 heavy (non-hydrogen) atoms. The Hall–Kier alpha value is -0.400. The van der Waals surface area contributed by atoms with E-state index in [1.54, 1.807) is 0 Å². The summed E-state index contributed by atoms with van der Waals surface area (Å²) in [6.45, 7) is 6.60. The SMILES string of the molecule is CCC(C)C(C)Nc1ccc(Cl)c(Cl)c1. The van der Waals surface area contributed by atoms with Crippen molar-refractivity contribution in [2.45, 2.75) is 33.2 Å². The Labute approximate surface area is 102 Å². The van der Waals surface area contributed by atoms with Crippen molar-refractivity contribution in [3.05, 3.63) is 28.2 Å². The van der Waals surface area contributed by atoms with Crippen LogP contribution in [0.15, 0.2) is 18.2 Å². The molecule has 1 aromatic carbocycles. The molecule has 0 aliphatic carbocycles. The van der Waals surface area contributed by atoms with E-state index in [0.717, 1.165) is 12.1 Å². The van der Waals surface area contributed by atoms with Gasteiger partial charge in [-0.15, -0.1) is 0 Å². The molecule has 1 rings (SSSR count). The van der Waals surface area contributed by atoms with Gasteiger partial charge in [0.1, 0.15) is 0 Å². The van der Waals surface area contributed by atoms with Gasteiger partial charge < -0.3 is 5.32 Å². The van der Waals surface area contributed by atoms with E-state index in [1.807, 2.05) is 18.2 Å². The number of rotatable bonds is 4. The van der Waals surface area contributed by atoms with Crippen molar-refractivity contribution in [2.24, 2.45) is 5.92 Å². The quantitative estimate of drug-likeness (QED) is 0.801. The van der Waals surface area contributed by atoms with Gasteiger partial charge in [-0.2, -0.15) is 0 Å². The largest absolute Gasteiger partial charge is 0.382 e. The summed E-state index contributed by atoms with van der Waals surface area (Å²) in [7, 11) is 0. The molecule has 2 atom stereocenters. The molecular formula is C12H17Cl2N. The summed E-state index contributed by atoms with van der Waals surface area (Å²) in [6, 6.07) is 6.07. The molecule has 0 saturated carbocycles. The molecule has 0 radical (unpaired) electrons. The van der Waals surface area contributed by atoms with Gasteiger partial charge in [0.05, 0.1) is 10.0 Å². The molecule has 1 aromatic rings. The molecule has 0 spiro atoms. The highest BCUT2D eigenvalue weighted by atomic mass is 35.5. The van der Waals surface area contributed by atoms with Gasteiger partial charge in [0.25, 0.3) is 0 Å². The van der Waals surface area contributed by atoms with Crippen LogP contribution in [0.25, 0.3) is 0 Å². The molecule has 1 N–H and O–H groups in total. The van der Waals surface area contributed by atoms with Gasteiger partial charge in [-0.05, 0) is 31.0 Å². The smallest absolute Gasteiger partial charge is 0.0612 e. The Balaban J connectivity index is 2.68. The zero-order valence-corrected chi connectivity index (χ0v) is 10.9.